The summed E-state index contributed by atoms with van der Waals surface area (Å²) >= 11 is 0. The zero-order valence-corrected chi connectivity index (χ0v) is 11.2. The van der Waals surface area contributed by atoms with Crippen LogP contribution in [0.4, 0.5) is 0 Å². The molecular formula is C14H28N2O. The van der Waals surface area contributed by atoms with Crippen molar-refractivity contribution in [2.75, 3.05) is 13.2 Å². The second kappa shape index (κ2) is 6.17. The molecule has 2 aliphatic carbocycles. The molecule has 0 aliphatic heterocycles. The van der Waals surface area contributed by atoms with E-state index < -0.39 is 0 Å². The van der Waals surface area contributed by atoms with Gasteiger partial charge in [0.2, 0.25) is 0 Å². The maximum atomic E-state index is 6.42. The monoisotopic (exact) mass is 240 g/mol. The van der Waals surface area contributed by atoms with Crippen molar-refractivity contribution in [2.24, 2.45) is 5.73 Å². The van der Waals surface area contributed by atoms with E-state index >= 15 is 0 Å². The molecule has 3 nitrogen and oxygen atoms in total. The minimum Gasteiger partial charge on any atom is -0.378 e. The smallest absolute Gasteiger partial charge is 0.0604 e. The molecule has 0 radical (unpaired) electrons. The molecule has 0 aromatic heterocycles. The van der Waals surface area contributed by atoms with Gasteiger partial charge in [-0.15, -0.1) is 0 Å². The highest BCUT2D eigenvalue weighted by molar-refractivity contribution is 4.90. The van der Waals surface area contributed by atoms with Gasteiger partial charge in [0, 0.05) is 18.2 Å². The summed E-state index contributed by atoms with van der Waals surface area (Å²) in [5, 5.41) is 3.62. The fourth-order valence-electron chi connectivity index (χ4n) is 3.14. The zero-order chi connectivity index (χ0) is 12.1. The van der Waals surface area contributed by atoms with Crippen LogP contribution in [0, 0.1) is 0 Å². The molecule has 0 spiro atoms. The topological polar surface area (TPSA) is 47.3 Å². The van der Waals surface area contributed by atoms with Gasteiger partial charge in [-0.1, -0.05) is 19.3 Å². The Hall–Kier alpha value is -0.120. The van der Waals surface area contributed by atoms with Crippen LogP contribution in [-0.4, -0.2) is 30.8 Å². The highest BCUT2D eigenvalue weighted by atomic mass is 16.5. The highest BCUT2D eigenvalue weighted by Crippen LogP contribution is 2.29. The standard InChI is InChI=1S/C14H28N2O/c1-2-17-13-10-12(11-13)16-9-8-14(15)6-4-3-5-7-14/h12-13,16H,2-11,15H2,1H3. The summed E-state index contributed by atoms with van der Waals surface area (Å²) in [7, 11) is 0. The fourth-order valence-corrected chi connectivity index (χ4v) is 3.14. The van der Waals surface area contributed by atoms with Crippen molar-refractivity contribution in [2.45, 2.75) is 76.0 Å². The van der Waals surface area contributed by atoms with Gasteiger partial charge in [-0.05, 0) is 45.6 Å². The summed E-state index contributed by atoms with van der Waals surface area (Å²) in [6.45, 7) is 4.01. The van der Waals surface area contributed by atoms with E-state index in [2.05, 4.69) is 12.2 Å². The molecule has 0 aromatic carbocycles. The lowest BCUT2D eigenvalue weighted by atomic mass is 9.80. The molecule has 100 valence electrons. The van der Waals surface area contributed by atoms with Gasteiger partial charge < -0.3 is 15.8 Å². The second-order valence-electron chi connectivity index (χ2n) is 5.87. The Morgan fingerprint density at radius 3 is 2.59 bits per heavy atom. The quantitative estimate of drug-likeness (QED) is 0.748. The third-order valence-corrected chi connectivity index (χ3v) is 4.40. The van der Waals surface area contributed by atoms with Crippen molar-refractivity contribution < 1.29 is 4.74 Å². The minimum absolute atomic E-state index is 0.133. The van der Waals surface area contributed by atoms with E-state index in [1.165, 1.54) is 44.9 Å². The van der Waals surface area contributed by atoms with Crippen molar-refractivity contribution >= 4 is 0 Å². The molecular weight excluding hydrogens is 212 g/mol. The zero-order valence-electron chi connectivity index (χ0n) is 11.2. The molecule has 2 rings (SSSR count). The van der Waals surface area contributed by atoms with Gasteiger partial charge in [0.1, 0.15) is 0 Å². The van der Waals surface area contributed by atoms with E-state index in [1.54, 1.807) is 0 Å². The number of nitrogens with two attached hydrogens (primary N) is 1. The molecule has 3 N–H and O–H groups in total. The number of hydrogen-bond acceptors (Lipinski definition) is 3. The summed E-state index contributed by atoms with van der Waals surface area (Å²) in [5.41, 5.74) is 6.55. The first-order valence-electron chi connectivity index (χ1n) is 7.36. The van der Waals surface area contributed by atoms with E-state index in [-0.39, 0.29) is 5.54 Å². The van der Waals surface area contributed by atoms with Gasteiger partial charge in [-0.2, -0.15) is 0 Å². The summed E-state index contributed by atoms with van der Waals surface area (Å²) in [5.74, 6) is 0. The number of nitrogens with one attached hydrogen (secondary N) is 1. The van der Waals surface area contributed by atoms with Crippen molar-refractivity contribution in [3.8, 4) is 0 Å². The molecule has 2 fully saturated rings. The van der Waals surface area contributed by atoms with E-state index in [9.17, 15) is 0 Å². The first-order valence-corrected chi connectivity index (χ1v) is 7.36. The molecule has 0 unspecified atom stereocenters. The highest BCUT2D eigenvalue weighted by Gasteiger charge is 2.31. The molecule has 2 saturated carbocycles. The van der Waals surface area contributed by atoms with Gasteiger partial charge in [0.15, 0.2) is 0 Å². The Labute approximate surface area is 105 Å². The van der Waals surface area contributed by atoms with Gasteiger partial charge in [-0.25, -0.2) is 0 Å². The van der Waals surface area contributed by atoms with Crippen LogP contribution >= 0.6 is 0 Å². The fraction of sp³-hybridized carbons (Fsp3) is 1.00. The minimum atomic E-state index is 0.133. The van der Waals surface area contributed by atoms with Crippen LogP contribution in [0.3, 0.4) is 0 Å². The van der Waals surface area contributed by atoms with Crippen molar-refractivity contribution in [3.05, 3.63) is 0 Å². The predicted molar refractivity (Wildman–Crippen MR) is 71.1 cm³/mol. The average Bonchev–Trinajstić information content (AvgIpc) is 2.26. The molecule has 3 heteroatoms. The van der Waals surface area contributed by atoms with Crippen LogP contribution in [0.15, 0.2) is 0 Å². The molecule has 0 amide bonds. The predicted octanol–water partition coefficient (Wildman–Crippen LogP) is 2.20. The van der Waals surface area contributed by atoms with Crippen molar-refractivity contribution in [1.29, 1.82) is 0 Å². The van der Waals surface area contributed by atoms with E-state index in [1.807, 2.05) is 0 Å². The van der Waals surface area contributed by atoms with Crippen LogP contribution in [0.1, 0.15) is 58.3 Å². The molecule has 0 aromatic rings. The van der Waals surface area contributed by atoms with Crippen molar-refractivity contribution in [1.82, 2.24) is 5.32 Å². The van der Waals surface area contributed by atoms with Crippen LogP contribution in [-0.2, 0) is 4.74 Å². The third-order valence-electron chi connectivity index (χ3n) is 4.40. The van der Waals surface area contributed by atoms with Crippen molar-refractivity contribution in [3.63, 3.8) is 0 Å². The summed E-state index contributed by atoms with van der Waals surface area (Å²) in [6.07, 6.45) is 10.5. The summed E-state index contributed by atoms with van der Waals surface area (Å²) in [6, 6.07) is 0.679. The lowest BCUT2D eigenvalue weighted by molar-refractivity contribution is -0.0101. The van der Waals surface area contributed by atoms with Crippen LogP contribution in [0.25, 0.3) is 0 Å². The lowest BCUT2D eigenvalue weighted by Crippen LogP contribution is -2.49. The van der Waals surface area contributed by atoms with E-state index in [0.717, 1.165) is 19.6 Å². The van der Waals surface area contributed by atoms with Gasteiger partial charge in [0.05, 0.1) is 6.10 Å². The molecule has 2 aliphatic rings. The molecule has 0 atom stereocenters. The van der Waals surface area contributed by atoms with E-state index in [0.29, 0.717) is 12.1 Å². The Morgan fingerprint density at radius 2 is 1.94 bits per heavy atom. The molecule has 0 heterocycles. The van der Waals surface area contributed by atoms with Gasteiger partial charge >= 0.3 is 0 Å². The molecule has 0 bridgehead atoms. The largest absolute Gasteiger partial charge is 0.378 e. The third kappa shape index (κ3) is 3.94. The van der Waals surface area contributed by atoms with Crippen LogP contribution in [0.5, 0.6) is 0 Å². The van der Waals surface area contributed by atoms with Gasteiger partial charge in [0.25, 0.3) is 0 Å². The first-order chi connectivity index (χ1) is 8.22. The number of ether oxygens (including phenoxy) is 1. The van der Waals surface area contributed by atoms with Crippen LogP contribution in [0.2, 0.25) is 0 Å². The SMILES string of the molecule is CCOC1CC(NCCC2(N)CCCCC2)C1. The molecule has 17 heavy (non-hydrogen) atoms. The van der Waals surface area contributed by atoms with E-state index in [4.69, 9.17) is 10.5 Å². The lowest BCUT2D eigenvalue weighted by Gasteiger charge is -2.38. The normalized spacial score (nSPS) is 32.1. The average molecular weight is 240 g/mol. The Balaban J connectivity index is 1.54. The maximum Gasteiger partial charge on any atom is 0.0604 e. The number of rotatable bonds is 6. The Bertz CT molecular complexity index is 220. The number of hydrogen-bond donors (Lipinski definition) is 2. The Morgan fingerprint density at radius 1 is 1.24 bits per heavy atom. The first kappa shape index (κ1) is 13.3. The molecule has 0 saturated heterocycles. The van der Waals surface area contributed by atoms with Crippen LogP contribution < -0.4 is 11.1 Å². The maximum absolute atomic E-state index is 6.42. The second-order valence-corrected chi connectivity index (χ2v) is 5.87. The Kier molecular flexibility index (Phi) is 4.83. The summed E-state index contributed by atoms with van der Waals surface area (Å²) < 4.78 is 5.56. The van der Waals surface area contributed by atoms with Gasteiger partial charge in [-0.3, -0.25) is 0 Å². The summed E-state index contributed by atoms with van der Waals surface area (Å²) in [4.78, 5) is 0.